The number of aromatic amines is 1. The fraction of sp³-hybridized carbons (Fsp3) is 0.231. The zero-order valence-electron chi connectivity index (χ0n) is 10.4. The van der Waals surface area contributed by atoms with E-state index in [2.05, 4.69) is 15.5 Å². The van der Waals surface area contributed by atoms with E-state index < -0.39 is 0 Å². The molecule has 1 aromatic carbocycles. The maximum absolute atomic E-state index is 11.9. The van der Waals surface area contributed by atoms with Crippen molar-refractivity contribution in [3.63, 3.8) is 0 Å². The lowest BCUT2D eigenvalue weighted by Crippen LogP contribution is -2.15. The van der Waals surface area contributed by atoms with E-state index in [0.29, 0.717) is 12.1 Å². The van der Waals surface area contributed by atoms with Crippen LogP contribution in [-0.2, 0) is 11.2 Å². The summed E-state index contributed by atoms with van der Waals surface area (Å²) in [4.78, 5) is 11.9. The second-order valence-electron chi connectivity index (χ2n) is 4.28. The Morgan fingerprint density at radius 3 is 2.56 bits per heavy atom. The summed E-state index contributed by atoms with van der Waals surface area (Å²) in [6, 6.07) is 7.28. The number of nitrogens with two attached hydrogens (primary N) is 1. The van der Waals surface area contributed by atoms with Crippen molar-refractivity contribution in [1.82, 2.24) is 10.2 Å². The highest BCUT2D eigenvalue weighted by molar-refractivity contribution is 5.93. The third-order valence-electron chi connectivity index (χ3n) is 2.74. The first-order chi connectivity index (χ1) is 8.56. The van der Waals surface area contributed by atoms with Gasteiger partial charge in [0, 0.05) is 5.69 Å². The average molecular weight is 244 g/mol. The Kier molecular flexibility index (Phi) is 3.32. The lowest BCUT2D eigenvalue weighted by molar-refractivity contribution is -0.115. The number of rotatable bonds is 3. The van der Waals surface area contributed by atoms with Gasteiger partial charge in [-0.1, -0.05) is 12.1 Å². The first kappa shape index (κ1) is 12.2. The summed E-state index contributed by atoms with van der Waals surface area (Å²) in [6.07, 6.45) is 0.324. The summed E-state index contributed by atoms with van der Waals surface area (Å²) >= 11 is 0. The Morgan fingerprint density at radius 1 is 1.33 bits per heavy atom. The second kappa shape index (κ2) is 4.91. The van der Waals surface area contributed by atoms with Crippen LogP contribution in [0.2, 0.25) is 0 Å². The van der Waals surface area contributed by atoms with Gasteiger partial charge in [-0.25, -0.2) is 0 Å². The van der Waals surface area contributed by atoms with Gasteiger partial charge in [-0.05, 0) is 31.5 Å². The third-order valence-corrected chi connectivity index (χ3v) is 2.74. The van der Waals surface area contributed by atoms with Gasteiger partial charge in [-0.2, -0.15) is 5.10 Å². The number of benzene rings is 1. The Morgan fingerprint density at radius 2 is 2.00 bits per heavy atom. The molecule has 1 amide bonds. The van der Waals surface area contributed by atoms with Crippen molar-refractivity contribution < 1.29 is 4.79 Å². The number of carbonyl (C=O) groups is 1. The molecular formula is C13H16N4O. The van der Waals surface area contributed by atoms with Crippen molar-refractivity contribution in [3.05, 3.63) is 41.2 Å². The number of carbonyl (C=O) groups excluding carboxylic acids is 1. The van der Waals surface area contributed by atoms with E-state index >= 15 is 0 Å². The molecule has 1 heterocycles. The minimum atomic E-state index is -0.0626. The maximum Gasteiger partial charge on any atom is 0.228 e. The second-order valence-corrected chi connectivity index (χ2v) is 4.28. The number of nitrogens with zero attached hydrogens (tertiary/aromatic N) is 1. The number of nitrogen functional groups attached to an aromatic ring is 1. The molecule has 2 aromatic rings. The lowest BCUT2D eigenvalue weighted by atomic mass is 10.1. The zero-order valence-corrected chi connectivity index (χ0v) is 10.4. The monoisotopic (exact) mass is 244 g/mol. The first-order valence-corrected chi connectivity index (χ1v) is 5.72. The topological polar surface area (TPSA) is 83.8 Å². The van der Waals surface area contributed by atoms with Crippen LogP contribution in [0.4, 0.5) is 11.4 Å². The Hall–Kier alpha value is -2.30. The van der Waals surface area contributed by atoms with Gasteiger partial charge in [0.05, 0.1) is 23.5 Å². The van der Waals surface area contributed by atoms with Crippen LogP contribution in [0.5, 0.6) is 0 Å². The summed E-state index contributed by atoms with van der Waals surface area (Å²) in [5, 5.41) is 9.72. The molecular weight excluding hydrogens is 228 g/mol. The van der Waals surface area contributed by atoms with Gasteiger partial charge in [-0.15, -0.1) is 0 Å². The maximum atomic E-state index is 11.9. The van der Waals surface area contributed by atoms with Crippen molar-refractivity contribution >= 4 is 17.3 Å². The van der Waals surface area contributed by atoms with Crippen LogP contribution in [0.3, 0.4) is 0 Å². The quantitative estimate of drug-likeness (QED) is 0.720. The van der Waals surface area contributed by atoms with Crippen LogP contribution in [0.1, 0.15) is 17.0 Å². The van der Waals surface area contributed by atoms with Gasteiger partial charge >= 0.3 is 0 Å². The van der Waals surface area contributed by atoms with E-state index in [1.54, 1.807) is 12.1 Å². The van der Waals surface area contributed by atoms with Crippen LogP contribution in [0.25, 0.3) is 0 Å². The molecule has 4 N–H and O–H groups in total. The first-order valence-electron chi connectivity index (χ1n) is 5.72. The van der Waals surface area contributed by atoms with Crippen LogP contribution in [0, 0.1) is 13.8 Å². The van der Waals surface area contributed by atoms with E-state index in [4.69, 9.17) is 5.73 Å². The minimum Gasteiger partial charge on any atom is -0.399 e. The molecule has 0 aliphatic rings. The van der Waals surface area contributed by atoms with E-state index in [9.17, 15) is 4.79 Å². The van der Waals surface area contributed by atoms with Crippen LogP contribution < -0.4 is 11.1 Å². The predicted octanol–water partition coefficient (Wildman–Crippen LogP) is 1.79. The van der Waals surface area contributed by atoms with E-state index in [0.717, 1.165) is 22.6 Å². The Balaban J connectivity index is 2.03. The molecule has 2 rings (SSSR count). The van der Waals surface area contributed by atoms with Crippen LogP contribution in [-0.4, -0.2) is 16.1 Å². The molecule has 0 bridgehead atoms. The molecule has 5 nitrogen and oxygen atoms in total. The van der Waals surface area contributed by atoms with Crippen LogP contribution >= 0.6 is 0 Å². The van der Waals surface area contributed by atoms with Gasteiger partial charge in [0.15, 0.2) is 0 Å². The van der Waals surface area contributed by atoms with Crippen molar-refractivity contribution in [2.24, 2.45) is 0 Å². The molecule has 0 spiro atoms. The highest BCUT2D eigenvalue weighted by Crippen LogP contribution is 2.16. The summed E-state index contributed by atoms with van der Waals surface area (Å²) < 4.78 is 0. The van der Waals surface area contributed by atoms with Gasteiger partial charge in [0.2, 0.25) is 5.91 Å². The zero-order chi connectivity index (χ0) is 13.1. The van der Waals surface area contributed by atoms with Crippen molar-refractivity contribution in [2.75, 3.05) is 11.1 Å². The molecule has 0 saturated heterocycles. The average Bonchev–Trinajstić information content (AvgIpc) is 2.64. The lowest BCUT2D eigenvalue weighted by Gasteiger charge is -2.05. The number of anilines is 2. The molecule has 0 fully saturated rings. The van der Waals surface area contributed by atoms with Crippen LogP contribution in [0.15, 0.2) is 24.3 Å². The molecule has 0 atom stereocenters. The molecule has 0 radical (unpaired) electrons. The highest BCUT2D eigenvalue weighted by Gasteiger charge is 2.10. The Labute approximate surface area is 105 Å². The minimum absolute atomic E-state index is 0.0626. The summed E-state index contributed by atoms with van der Waals surface area (Å²) in [6.45, 7) is 3.72. The number of aryl methyl sites for hydroxylation is 2. The van der Waals surface area contributed by atoms with Crippen molar-refractivity contribution in [3.8, 4) is 0 Å². The number of hydrogen-bond acceptors (Lipinski definition) is 3. The molecule has 18 heavy (non-hydrogen) atoms. The fourth-order valence-electron chi connectivity index (χ4n) is 1.74. The van der Waals surface area contributed by atoms with E-state index in [-0.39, 0.29) is 5.91 Å². The van der Waals surface area contributed by atoms with Gasteiger partial charge in [0.1, 0.15) is 0 Å². The molecule has 0 aliphatic heterocycles. The SMILES string of the molecule is Cc1n[nH]c(C)c1NC(=O)Cc1ccc(N)cc1. The summed E-state index contributed by atoms with van der Waals surface area (Å²) in [5.41, 5.74) is 9.63. The third kappa shape index (κ3) is 2.68. The van der Waals surface area contributed by atoms with E-state index in [1.165, 1.54) is 0 Å². The number of H-pyrrole nitrogens is 1. The molecule has 1 aromatic heterocycles. The predicted molar refractivity (Wildman–Crippen MR) is 71.2 cm³/mol. The number of nitrogens with one attached hydrogen (secondary N) is 2. The standard InChI is InChI=1S/C13H16N4O/c1-8-13(9(2)17-16-8)15-12(18)7-10-3-5-11(14)6-4-10/h3-6H,7,14H2,1-2H3,(H,15,18)(H,16,17). The number of hydrogen-bond donors (Lipinski definition) is 3. The Bertz CT molecular complexity index is 537. The normalized spacial score (nSPS) is 10.3. The number of aromatic nitrogens is 2. The molecule has 0 aliphatic carbocycles. The molecule has 94 valence electrons. The van der Waals surface area contributed by atoms with Gasteiger partial charge < -0.3 is 11.1 Å². The van der Waals surface area contributed by atoms with Crippen molar-refractivity contribution in [1.29, 1.82) is 0 Å². The summed E-state index contributed by atoms with van der Waals surface area (Å²) in [5.74, 6) is -0.0626. The number of amides is 1. The molecule has 0 unspecified atom stereocenters. The highest BCUT2D eigenvalue weighted by atomic mass is 16.1. The van der Waals surface area contributed by atoms with Gasteiger partial charge in [-0.3, -0.25) is 9.89 Å². The van der Waals surface area contributed by atoms with Gasteiger partial charge in [0.25, 0.3) is 0 Å². The smallest absolute Gasteiger partial charge is 0.228 e. The summed E-state index contributed by atoms with van der Waals surface area (Å²) in [7, 11) is 0. The largest absolute Gasteiger partial charge is 0.399 e. The van der Waals surface area contributed by atoms with E-state index in [1.807, 2.05) is 26.0 Å². The van der Waals surface area contributed by atoms with Crippen molar-refractivity contribution in [2.45, 2.75) is 20.3 Å². The molecule has 0 saturated carbocycles. The molecule has 5 heteroatoms. The fourth-order valence-corrected chi connectivity index (χ4v) is 1.74.